The summed E-state index contributed by atoms with van der Waals surface area (Å²) in [6, 6.07) is 9.60. The van der Waals surface area contributed by atoms with Crippen LogP contribution in [0.1, 0.15) is 12.5 Å². The van der Waals surface area contributed by atoms with Gasteiger partial charge in [-0.3, -0.25) is 0 Å². The average molecular weight is 524 g/mol. The van der Waals surface area contributed by atoms with E-state index in [4.69, 9.17) is 21.3 Å². The molecule has 0 saturated carbocycles. The Balaban J connectivity index is 1.30. The highest BCUT2D eigenvalue weighted by Gasteiger charge is 2.20. The number of ether oxygens (including phenoxy) is 1. The van der Waals surface area contributed by atoms with Crippen molar-refractivity contribution in [1.82, 2.24) is 19.4 Å². The topological polar surface area (TPSA) is 111 Å². The third-order valence-electron chi connectivity index (χ3n) is 6.43. The summed E-state index contributed by atoms with van der Waals surface area (Å²) < 4.78 is 7.25. The number of nitrogens with zero attached hydrogens (tertiary/aromatic N) is 6. The Morgan fingerprint density at radius 1 is 1.11 bits per heavy atom. The minimum atomic E-state index is -0.468. The Kier molecular flexibility index (Phi) is 7.31. The van der Waals surface area contributed by atoms with Gasteiger partial charge in [-0.25, -0.2) is 9.97 Å². The maximum atomic E-state index is 9.88. The van der Waals surface area contributed by atoms with Gasteiger partial charge in [0.15, 0.2) is 0 Å². The minimum Gasteiger partial charge on any atom is -0.495 e. The number of piperazine rings is 1. The van der Waals surface area contributed by atoms with Crippen LogP contribution in [0.5, 0.6) is 5.75 Å². The summed E-state index contributed by atoms with van der Waals surface area (Å²) in [5.41, 5.74) is 4.13. The van der Waals surface area contributed by atoms with Crippen LogP contribution in [0.2, 0.25) is 5.02 Å². The number of rotatable bonds is 8. The van der Waals surface area contributed by atoms with Gasteiger partial charge in [-0.15, -0.1) is 0 Å². The van der Waals surface area contributed by atoms with Crippen LogP contribution in [-0.4, -0.2) is 75.5 Å². The Bertz CT molecular complexity index is 1390. The van der Waals surface area contributed by atoms with Crippen LogP contribution in [0.4, 0.5) is 17.5 Å². The van der Waals surface area contributed by atoms with Crippen molar-refractivity contribution in [3.05, 3.63) is 59.5 Å². The summed E-state index contributed by atoms with van der Waals surface area (Å²) in [6.07, 6.45) is 5.21. The fourth-order valence-electron chi connectivity index (χ4n) is 4.46. The molecule has 0 aliphatic carbocycles. The van der Waals surface area contributed by atoms with Crippen LogP contribution in [0.25, 0.3) is 16.9 Å². The van der Waals surface area contributed by atoms with Crippen molar-refractivity contribution in [3.8, 4) is 17.0 Å². The summed E-state index contributed by atoms with van der Waals surface area (Å²) in [6.45, 7) is 5.31. The van der Waals surface area contributed by atoms with Gasteiger partial charge in [0, 0.05) is 68.6 Å². The van der Waals surface area contributed by atoms with E-state index < -0.39 is 6.10 Å². The molecule has 11 heteroatoms. The first-order valence-corrected chi connectivity index (χ1v) is 12.5. The predicted molar refractivity (Wildman–Crippen MR) is 145 cm³/mol. The van der Waals surface area contributed by atoms with E-state index in [1.54, 1.807) is 32.4 Å². The van der Waals surface area contributed by atoms with Crippen LogP contribution < -0.4 is 19.9 Å². The first-order valence-electron chi connectivity index (χ1n) is 12.2. The second kappa shape index (κ2) is 10.8. The number of aromatic nitrogens is 4. The molecular formula is C26H30ClN7O3. The number of aliphatic hydroxyl groups is 2. The molecule has 0 amide bonds. The number of fused-ring (bicyclic) bond motifs is 1. The Labute approximate surface area is 220 Å². The monoisotopic (exact) mass is 523 g/mol. The van der Waals surface area contributed by atoms with E-state index in [1.807, 2.05) is 22.9 Å². The van der Waals surface area contributed by atoms with Crippen LogP contribution in [-0.2, 0) is 6.61 Å². The van der Waals surface area contributed by atoms with Crippen molar-refractivity contribution in [2.24, 2.45) is 0 Å². The zero-order valence-electron chi connectivity index (χ0n) is 20.8. The largest absolute Gasteiger partial charge is 0.495 e. The van der Waals surface area contributed by atoms with Gasteiger partial charge >= 0.3 is 0 Å². The van der Waals surface area contributed by atoms with Crippen LogP contribution >= 0.6 is 11.6 Å². The molecule has 10 nitrogen and oxygen atoms in total. The van der Waals surface area contributed by atoms with Gasteiger partial charge in [0.25, 0.3) is 0 Å². The van der Waals surface area contributed by atoms with Crippen molar-refractivity contribution in [2.75, 3.05) is 55.0 Å². The first-order chi connectivity index (χ1) is 17.9. The van der Waals surface area contributed by atoms with Gasteiger partial charge in [-0.1, -0.05) is 11.6 Å². The molecule has 4 aromatic rings. The minimum absolute atomic E-state index is 0.142. The number of hydrogen-bond acceptors (Lipinski definition) is 9. The molecule has 1 aromatic carbocycles. The fraction of sp³-hybridized carbons (Fsp3) is 0.346. The molecule has 0 spiro atoms. The highest BCUT2D eigenvalue weighted by molar-refractivity contribution is 6.32. The lowest BCUT2D eigenvalue weighted by atomic mass is 10.1. The van der Waals surface area contributed by atoms with Gasteiger partial charge in [0.1, 0.15) is 17.2 Å². The van der Waals surface area contributed by atoms with Crippen molar-refractivity contribution >= 4 is 34.7 Å². The molecule has 5 rings (SSSR count). The Hall–Kier alpha value is -3.60. The molecule has 1 aliphatic rings. The summed E-state index contributed by atoms with van der Waals surface area (Å²) >= 11 is 6.35. The molecule has 0 bridgehead atoms. The first kappa shape index (κ1) is 25.1. The fourth-order valence-corrected chi connectivity index (χ4v) is 4.70. The van der Waals surface area contributed by atoms with E-state index in [0.29, 0.717) is 28.8 Å². The number of nitrogens with one attached hydrogen (secondary N) is 1. The number of methoxy groups -OCH3 is 1. The third kappa shape index (κ3) is 5.41. The third-order valence-corrected chi connectivity index (χ3v) is 6.73. The normalized spacial score (nSPS) is 14.7. The highest BCUT2D eigenvalue weighted by Crippen LogP contribution is 2.34. The molecule has 1 atom stereocenters. The molecule has 194 valence electrons. The molecule has 0 radical (unpaired) electrons. The molecule has 3 aromatic heterocycles. The standard InChI is InChI=1S/C26H30ClN7O3/c1-17(36)14-29-26-28-5-3-24(31-26)33-9-7-32(8-10-33)19-4-6-34-15-22(30-25(34)12-19)20-13-21(27)23(37-2)11-18(20)16-35/h3-6,11-13,15,17,35-36H,7-10,14,16H2,1-2H3,(H,28,29,31). The number of imidazole rings is 1. The van der Waals surface area contributed by atoms with E-state index >= 15 is 0 Å². The van der Waals surface area contributed by atoms with Gasteiger partial charge in [0.2, 0.25) is 5.95 Å². The van der Waals surface area contributed by atoms with E-state index in [0.717, 1.165) is 54.6 Å². The summed E-state index contributed by atoms with van der Waals surface area (Å²) in [4.78, 5) is 18.2. The average Bonchev–Trinajstić information content (AvgIpc) is 3.35. The van der Waals surface area contributed by atoms with Crippen LogP contribution in [0, 0.1) is 0 Å². The van der Waals surface area contributed by atoms with Crippen molar-refractivity contribution < 1.29 is 14.9 Å². The van der Waals surface area contributed by atoms with Crippen LogP contribution in [0.15, 0.2) is 48.9 Å². The Morgan fingerprint density at radius 2 is 1.89 bits per heavy atom. The van der Waals surface area contributed by atoms with Crippen molar-refractivity contribution in [2.45, 2.75) is 19.6 Å². The number of hydrogen-bond donors (Lipinski definition) is 3. The van der Waals surface area contributed by atoms with E-state index in [-0.39, 0.29) is 6.61 Å². The maximum Gasteiger partial charge on any atom is 0.224 e. The molecular weight excluding hydrogens is 494 g/mol. The molecule has 1 saturated heterocycles. The van der Waals surface area contributed by atoms with Gasteiger partial charge < -0.3 is 34.5 Å². The quantitative estimate of drug-likeness (QED) is 0.321. The van der Waals surface area contributed by atoms with Gasteiger partial charge in [0.05, 0.1) is 30.5 Å². The van der Waals surface area contributed by atoms with Gasteiger partial charge in [-0.2, -0.15) is 4.98 Å². The molecule has 37 heavy (non-hydrogen) atoms. The molecule has 1 unspecified atom stereocenters. The number of aliphatic hydroxyl groups excluding tert-OH is 2. The number of halogens is 1. The summed E-state index contributed by atoms with van der Waals surface area (Å²) in [5, 5.41) is 22.9. The lowest BCUT2D eigenvalue weighted by molar-refractivity contribution is 0.208. The number of benzene rings is 1. The summed E-state index contributed by atoms with van der Waals surface area (Å²) in [7, 11) is 1.55. The van der Waals surface area contributed by atoms with Crippen LogP contribution in [0.3, 0.4) is 0 Å². The van der Waals surface area contributed by atoms with E-state index in [9.17, 15) is 10.2 Å². The van der Waals surface area contributed by atoms with E-state index in [2.05, 4.69) is 37.2 Å². The second-order valence-corrected chi connectivity index (χ2v) is 9.43. The number of anilines is 3. The molecule has 1 fully saturated rings. The highest BCUT2D eigenvalue weighted by atomic mass is 35.5. The Morgan fingerprint density at radius 3 is 2.62 bits per heavy atom. The zero-order chi connectivity index (χ0) is 25.9. The summed E-state index contributed by atoms with van der Waals surface area (Å²) in [5.74, 6) is 1.91. The lowest BCUT2D eigenvalue weighted by Gasteiger charge is -2.36. The zero-order valence-corrected chi connectivity index (χ0v) is 21.6. The SMILES string of the molecule is COc1cc(CO)c(-c2cn3ccc(N4CCN(c5ccnc(NCC(C)O)n5)CC4)cc3n2)cc1Cl. The number of pyridine rings is 1. The molecule has 4 heterocycles. The smallest absolute Gasteiger partial charge is 0.224 e. The van der Waals surface area contributed by atoms with E-state index in [1.165, 1.54) is 0 Å². The van der Waals surface area contributed by atoms with Gasteiger partial charge in [-0.05, 0) is 36.8 Å². The molecule has 1 aliphatic heterocycles. The second-order valence-electron chi connectivity index (χ2n) is 9.02. The molecule has 3 N–H and O–H groups in total. The maximum absolute atomic E-state index is 9.88. The lowest BCUT2D eigenvalue weighted by Crippen LogP contribution is -2.46. The van der Waals surface area contributed by atoms with Crippen molar-refractivity contribution in [1.29, 1.82) is 0 Å². The van der Waals surface area contributed by atoms with Crippen molar-refractivity contribution in [3.63, 3.8) is 0 Å². The predicted octanol–water partition coefficient (Wildman–Crippen LogP) is 3.06.